The average molecular weight is 249 g/mol. The molecule has 2 rings (SSSR count). The topological polar surface area (TPSA) is 47.6 Å². The first-order valence-electron chi connectivity index (χ1n) is 6.22. The maximum absolute atomic E-state index is 11.9. The van der Waals surface area contributed by atoms with Crippen LogP contribution in [-0.4, -0.2) is 32.3 Å². The van der Waals surface area contributed by atoms with Crippen molar-refractivity contribution < 1.29 is 14.3 Å². The Kier molecular flexibility index (Phi) is 4.73. The molecule has 1 N–H and O–H groups in total. The van der Waals surface area contributed by atoms with Crippen LogP contribution in [0.25, 0.3) is 0 Å². The molecule has 1 saturated heterocycles. The van der Waals surface area contributed by atoms with Gasteiger partial charge in [0.05, 0.1) is 12.5 Å². The summed E-state index contributed by atoms with van der Waals surface area (Å²) in [6.07, 6.45) is 0.793. The molecule has 4 heteroatoms. The van der Waals surface area contributed by atoms with Crippen LogP contribution in [0.15, 0.2) is 30.3 Å². The summed E-state index contributed by atoms with van der Waals surface area (Å²) in [6.45, 7) is 1.68. The highest BCUT2D eigenvalue weighted by Gasteiger charge is 2.30. The number of hydrogen-bond acceptors (Lipinski definition) is 4. The monoisotopic (exact) mass is 249 g/mol. The van der Waals surface area contributed by atoms with Crippen molar-refractivity contribution in [3.05, 3.63) is 35.9 Å². The molecule has 1 aliphatic heterocycles. The van der Waals surface area contributed by atoms with Gasteiger partial charge < -0.3 is 14.8 Å². The Morgan fingerprint density at radius 3 is 2.89 bits per heavy atom. The lowest BCUT2D eigenvalue weighted by atomic mass is 10.1. The zero-order valence-corrected chi connectivity index (χ0v) is 10.6. The van der Waals surface area contributed by atoms with Gasteiger partial charge in [-0.2, -0.15) is 0 Å². The number of ether oxygens (including phenoxy) is 2. The van der Waals surface area contributed by atoms with Crippen molar-refractivity contribution in [2.24, 2.45) is 5.92 Å². The molecule has 0 aromatic heterocycles. The molecule has 0 aliphatic carbocycles. The summed E-state index contributed by atoms with van der Waals surface area (Å²) in [4.78, 5) is 11.9. The van der Waals surface area contributed by atoms with Crippen LogP contribution in [0, 0.1) is 5.92 Å². The molecule has 0 amide bonds. The van der Waals surface area contributed by atoms with Crippen molar-refractivity contribution >= 4 is 5.97 Å². The number of carbonyl (C=O) groups excluding carboxylic acids is 1. The Labute approximate surface area is 107 Å². The van der Waals surface area contributed by atoms with Gasteiger partial charge in [0.25, 0.3) is 0 Å². The molecule has 1 fully saturated rings. The highest BCUT2D eigenvalue weighted by molar-refractivity contribution is 5.73. The van der Waals surface area contributed by atoms with Crippen molar-refractivity contribution in [3.8, 4) is 0 Å². The average Bonchev–Trinajstić information content (AvgIpc) is 2.86. The predicted molar refractivity (Wildman–Crippen MR) is 68.0 cm³/mol. The molecule has 0 unspecified atom stereocenters. The highest BCUT2D eigenvalue weighted by Crippen LogP contribution is 2.16. The number of rotatable bonds is 5. The van der Waals surface area contributed by atoms with Gasteiger partial charge in [0.15, 0.2) is 0 Å². The van der Waals surface area contributed by atoms with Gasteiger partial charge in [-0.15, -0.1) is 0 Å². The summed E-state index contributed by atoms with van der Waals surface area (Å²) >= 11 is 0. The van der Waals surface area contributed by atoms with E-state index in [2.05, 4.69) is 5.32 Å². The van der Waals surface area contributed by atoms with Crippen LogP contribution >= 0.6 is 0 Å². The summed E-state index contributed by atoms with van der Waals surface area (Å²) in [5.41, 5.74) is 1.02. The van der Waals surface area contributed by atoms with Gasteiger partial charge in [-0.1, -0.05) is 30.3 Å². The van der Waals surface area contributed by atoms with Crippen molar-refractivity contribution in [2.45, 2.75) is 19.1 Å². The van der Waals surface area contributed by atoms with Crippen LogP contribution in [0.2, 0.25) is 0 Å². The second-order valence-electron chi connectivity index (χ2n) is 4.59. The molecule has 1 aromatic rings. The van der Waals surface area contributed by atoms with Gasteiger partial charge in [0.2, 0.25) is 0 Å². The minimum absolute atomic E-state index is 0.0473. The van der Waals surface area contributed by atoms with E-state index in [9.17, 15) is 4.79 Å². The third kappa shape index (κ3) is 3.55. The van der Waals surface area contributed by atoms with Crippen LogP contribution in [0.3, 0.4) is 0 Å². The van der Waals surface area contributed by atoms with E-state index in [-0.39, 0.29) is 17.9 Å². The number of nitrogens with one attached hydrogen (secondary N) is 1. The molecule has 0 spiro atoms. The maximum Gasteiger partial charge on any atom is 0.310 e. The van der Waals surface area contributed by atoms with E-state index in [0.717, 1.165) is 12.0 Å². The Morgan fingerprint density at radius 2 is 2.17 bits per heavy atom. The lowest BCUT2D eigenvalue weighted by molar-refractivity contribution is -0.149. The molecule has 18 heavy (non-hydrogen) atoms. The fourth-order valence-corrected chi connectivity index (χ4v) is 2.17. The van der Waals surface area contributed by atoms with E-state index in [1.165, 1.54) is 0 Å². The first-order valence-corrected chi connectivity index (χ1v) is 6.22. The predicted octanol–water partition coefficient (Wildman–Crippen LogP) is 1.35. The molecule has 1 aromatic carbocycles. The molecule has 1 heterocycles. The van der Waals surface area contributed by atoms with Gasteiger partial charge in [0, 0.05) is 19.7 Å². The summed E-state index contributed by atoms with van der Waals surface area (Å²) in [5.74, 6) is -0.168. The number of esters is 1. The third-order valence-electron chi connectivity index (χ3n) is 3.15. The molecular weight excluding hydrogens is 230 g/mol. The van der Waals surface area contributed by atoms with Crippen molar-refractivity contribution in [2.75, 3.05) is 20.3 Å². The van der Waals surface area contributed by atoms with Crippen molar-refractivity contribution in [1.82, 2.24) is 5.32 Å². The summed E-state index contributed by atoms with van der Waals surface area (Å²) in [7, 11) is 1.67. The van der Waals surface area contributed by atoms with Crippen LogP contribution in [0.5, 0.6) is 0 Å². The molecule has 98 valence electrons. The molecule has 0 bridgehead atoms. The van der Waals surface area contributed by atoms with E-state index >= 15 is 0 Å². The molecule has 0 saturated carbocycles. The normalized spacial score (nSPS) is 22.9. The lowest BCUT2D eigenvalue weighted by Crippen LogP contribution is -2.26. The van der Waals surface area contributed by atoms with E-state index < -0.39 is 0 Å². The summed E-state index contributed by atoms with van der Waals surface area (Å²) in [6, 6.07) is 10.00. The van der Waals surface area contributed by atoms with Gasteiger partial charge in [-0.05, 0) is 12.0 Å². The van der Waals surface area contributed by atoms with Gasteiger partial charge in [-0.25, -0.2) is 0 Å². The number of hydrogen-bond donors (Lipinski definition) is 1. The fraction of sp³-hybridized carbons (Fsp3) is 0.500. The molecule has 1 aliphatic rings. The van der Waals surface area contributed by atoms with Crippen LogP contribution in [0.4, 0.5) is 0 Å². The zero-order chi connectivity index (χ0) is 12.8. The van der Waals surface area contributed by atoms with E-state index in [0.29, 0.717) is 19.8 Å². The largest absolute Gasteiger partial charge is 0.461 e. The minimum atomic E-state index is -0.120. The Morgan fingerprint density at radius 1 is 1.39 bits per heavy atom. The SMILES string of the molecule is COC[C@@H]1C[C@H](C(=O)OCc2ccccc2)CN1. The fourth-order valence-electron chi connectivity index (χ4n) is 2.17. The molecule has 2 atom stereocenters. The Hall–Kier alpha value is -1.39. The minimum Gasteiger partial charge on any atom is -0.461 e. The lowest BCUT2D eigenvalue weighted by Gasteiger charge is -2.10. The van der Waals surface area contributed by atoms with Crippen LogP contribution in [0.1, 0.15) is 12.0 Å². The number of carbonyl (C=O) groups is 1. The van der Waals surface area contributed by atoms with E-state index in [1.807, 2.05) is 30.3 Å². The van der Waals surface area contributed by atoms with Gasteiger partial charge in [-0.3, -0.25) is 4.79 Å². The van der Waals surface area contributed by atoms with Crippen molar-refractivity contribution in [1.29, 1.82) is 0 Å². The quantitative estimate of drug-likeness (QED) is 0.800. The smallest absolute Gasteiger partial charge is 0.310 e. The van der Waals surface area contributed by atoms with Crippen molar-refractivity contribution in [3.63, 3.8) is 0 Å². The second-order valence-corrected chi connectivity index (χ2v) is 4.59. The highest BCUT2D eigenvalue weighted by atomic mass is 16.5. The zero-order valence-electron chi connectivity index (χ0n) is 10.6. The molecule has 0 radical (unpaired) electrons. The standard InChI is InChI=1S/C14H19NO3/c1-17-10-13-7-12(8-15-13)14(16)18-9-11-5-3-2-4-6-11/h2-6,12-13,15H,7-10H2,1H3/t12-,13-/m0/s1. The van der Waals surface area contributed by atoms with E-state index in [4.69, 9.17) is 9.47 Å². The Balaban J connectivity index is 1.76. The maximum atomic E-state index is 11.9. The van der Waals surface area contributed by atoms with Crippen LogP contribution in [-0.2, 0) is 20.9 Å². The van der Waals surface area contributed by atoms with Gasteiger partial charge in [0.1, 0.15) is 6.61 Å². The van der Waals surface area contributed by atoms with Crippen LogP contribution < -0.4 is 5.32 Å². The first-order chi connectivity index (χ1) is 8.79. The third-order valence-corrected chi connectivity index (χ3v) is 3.15. The number of methoxy groups -OCH3 is 1. The molecular formula is C14H19NO3. The van der Waals surface area contributed by atoms with E-state index in [1.54, 1.807) is 7.11 Å². The summed E-state index contributed by atoms with van der Waals surface area (Å²) in [5, 5.41) is 3.26. The van der Waals surface area contributed by atoms with Gasteiger partial charge >= 0.3 is 5.97 Å². The second kappa shape index (κ2) is 6.52. The molecule has 4 nitrogen and oxygen atoms in total. The summed E-state index contributed by atoms with van der Waals surface area (Å²) < 4.78 is 10.4. The number of benzene rings is 1. The first kappa shape index (κ1) is 13.1. The Bertz CT molecular complexity index is 380.